The fourth-order valence-electron chi connectivity index (χ4n) is 1.69. The molecule has 0 aromatic carbocycles. The van der Waals surface area contributed by atoms with Gasteiger partial charge in [-0.3, -0.25) is 0 Å². The molecule has 0 aromatic heterocycles. The maximum absolute atomic E-state index is 10.4. The summed E-state index contributed by atoms with van der Waals surface area (Å²) >= 11 is 0. The van der Waals surface area contributed by atoms with E-state index in [1.165, 1.54) is 0 Å². The smallest absolute Gasteiger partial charge is 2.00 e. The van der Waals surface area contributed by atoms with Gasteiger partial charge in [-0.1, -0.05) is 0 Å². The molecule has 0 aliphatic rings. The molecule has 0 fully saturated rings. The summed E-state index contributed by atoms with van der Waals surface area (Å²) in [6.07, 6.45) is -2.65. The number of hydrogen-bond acceptors (Lipinski definition) is 14. The minimum absolute atomic E-state index is 0. The number of carboxylic acids is 6. The average molecular weight is 535 g/mol. The summed E-state index contributed by atoms with van der Waals surface area (Å²) in [5.41, 5.74) is -2.45. The zero-order chi connectivity index (χ0) is 24.1. The number of hydrogen-bond donors (Lipinski definition) is 0. The van der Waals surface area contributed by atoms with Crippen LogP contribution in [0.1, 0.15) is 25.7 Å². The Hall–Kier alpha value is -0.861. The van der Waals surface area contributed by atoms with Crippen LogP contribution in [0.5, 0.6) is 0 Å². The van der Waals surface area contributed by atoms with Gasteiger partial charge in [0.05, 0.1) is 0 Å². The van der Waals surface area contributed by atoms with Crippen molar-refractivity contribution in [1.29, 1.82) is 0 Å². The van der Waals surface area contributed by atoms with E-state index in [1.54, 1.807) is 0 Å². The maximum Gasteiger partial charge on any atom is 2.00 e. The molecular formula is C14H8Mg3O14P2. The first-order valence-corrected chi connectivity index (χ1v) is 8.80. The normalized spacial score (nSPS) is 9.21. The van der Waals surface area contributed by atoms with Crippen molar-refractivity contribution < 1.29 is 68.5 Å². The van der Waals surface area contributed by atoms with E-state index < -0.39 is 88.2 Å². The molecule has 0 saturated carbocycles. The predicted octanol–water partition coefficient (Wildman–Crippen LogP) is -8.64. The maximum atomic E-state index is 10.4. The number of carbonyl (C=O) groups is 6. The minimum Gasteiger partial charge on any atom is 2.00 e. The molecule has 0 rings (SSSR count). The molecule has 0 heterocycles. The molecule has 0 aliphatic carbocycles. The molecule has 14 nitrogen and oxygen atoms in total. The molecular weight excluding hydrogens is 527 g/mol. The van der Waals surface area contributed by atoms with Gasteiger partial charge in [-0.05, 0) is 0 Å². The van der Waals surface area contributed by atoms with Gasteiger partial charge in [-0.2, -0.15) is 0 Å². The van der Waals surface area contributed by atoms with Crippen LogP contribution >= 0.6 is 15.8 Å². The van der Waals surface area contributed by atoms with Crippen LogP contribution in [0.15, 0.2) is 0 Å². The standard InChI is InChI=1S/2C7H7O7P.3Mg/c2*8-4(9)7(5(10)11,6(12)13)2-1-3-15-14;;;/h2*1-2H2,(H,8,9)(H,10,11)(H,12,13);;;/q;;3*+2/p-6. The third-order valence-electron chi connectivity index (χ3n) is 3.44. The number of carboxylic acid groups (broad SMARTS) is 6. The van der Waals surface area contributed by atoms with Crippen LogP contribution in [0.25, 0.3) is 0 Å². The first kappa shape index (κ1) is 42.3. The molecule has 164 valence electrons. The fourth-order valence-corrected chi connectivity index (χ4v) is 2.10. The molecule has 0 radical (unpaired) electrons. The van der Waals surface area contributed by atoms with Gasteiger partial charge in [0, 0.05) is 0 Å². The van der Waals surface area contributed by atoms with Crippen molar-refractivity contribution in [3.05, 3.63) is 0 Å². The summed E-state index contributed by atoms with van der Waals surface area (Å²) in [6, 6.07) is 0. The van der Waals surface area contributed by atoms with Crippen molar-refractivity contribution in [3.63, 3.8) is 0 Å². The van der Waals surface area contributed by atoms with Crippen LogP contribution in [0.3, 0.4) is 0 Å². The Morgan fingerprint density at radius 1 is 0.515 bits per heavy atom. The van der Waals surface area contributed by atoms with E-state index in [2.05, 4.69) is 0 Å². The predicted molar refractivity (Wildman–Crippen MR) is 93.6 cm³/mol. The molecule has 0 bridgehead atoms. The topological polar surface area (TPSA) is 275 Å². The molecule has 0 atom stereocenters. The summed E-state index contributed by atoms with van der Waals surface area (Å²) in [5.74, 6) is -14.0. The first-order valence-electron chi connectivity index (χ1n) is 7.18. The summed E-state index contributed by atoms with van der Waals surface area (Å²) in [5, 5.41) is 62.6. The summed E-state index contributed by atoms with van der Waals surface area (Å²) < 4.78 is 19.8. The fraction of sp³-hybridized carbons (Fsp3) is 0.429. The molecule has 33 heavy (non-hydrogen) atoms. The molecule has 0 aromatic rings. The van der Waals surface area contributed by atoms with Gasteiger partial charge >= 0.3 is 237 Å². The number of rotatable bonds is 10. The second-order valence-corrected chi connectivity index (χ2v) is 6.03. The second-order valence-electron chi connectivity index (χ2n) is 5.03. The van der Waals surface area contributed by atoms with Crippen LogP contribution < -0.4 is 30.6 Å². The molecule has 19 heteroatoms. The number of carbonyl (C=O) groups excluding carboxylic acids is 6. The number of aliphatic carboxylic acids is 6. The van der Waals surface area contributed by atoms with Crippen molar-refractivity contribution in [2.45, 2.75) is 25.7 Å². The van der Waals surface area contributed by atoms with Gasteiger partial charge in [0.2, 0.25) is 0 Å². The molecule has 0 unspecified atom stereocenters. The van der Waals surface area contributed by atoms with Crippen molar-refractivity contribution in [3.8, 4) is 11.3 Å². The largest absolute Gasteiger partial charge is 2.00 e. The van der Waals surface area contributed by atoms with E-state index in [0.717, 1.165) is 0 Å². The Kier molecular flexibility index (Phi) is 26.3. The second kappa shape index (κ2) is 20.5. The third-order valence-corrected chi connectivity index (χ3v) is 4.15. The van der Waals surface area contributed by atoms with E-state index >= 15 is 0 Å². The van der Waals surface area contributed by atoms with Gasteiger partial charge < -0.3 is 0 Å². The molecule has 0 saturated heterocycles. The van der Waals surface area contributed by atoms with Gasteiger partial charge in [-0.15, -0.1) is 0 Å². The van der Waals surface area contributed by atoms with Crippen molar-refractivity contribution in [1.82, 2.24) is 0 Å². The SMILES string of the molecule is O=P#CCCC(C(=O)[O-])(C(=O)[O-])C(=O)[O-].O=P#CCCC(C(=O)[O-])(C(=O)[O-])C(=O)[O-].[Mg+2].[Mg+2].[Mg+2]. The Morgan fingerprint density at radius 3 is 0.818 bits per heavy atom. The third kappa shape index (κ3) is 11.9. The summed E-state index contributed by atoms with van der Waals surface area (Å²) in [4.78, 5) is 62.6. The summed E-state index contributed by atoms with van der Waals surface area (Å²) in [6.45, 7) is 0. The van der Waals surface area contributed by atoms with Gasteiger partial charge in [0.15, 0.2) is 0 Å². The van der Waals surface area contributed by atoms with Crippen molar-refractivity contribution in [2.75, 3.05) is 0 Å². The Morgan fingerprint density at radius 2 is 0.697 bits per heavy atom. The molecule has 0 spiro atoms. The van der Waals surface area contributed by atoms with Crippen molar-refractivity contribution >= 4 is 121 Å². The van der Waals surface area contributed by atoms with Crippen LogP contribution in [0, 0.1) is 22.1 Å². The average Bonchev–Trinajstić information content (AvgIpc) is 2.61. The Labute approximate surface area is 235 Å². The molecule has 0 amide bonds. The van der Waals surface area contributed by atoms with Crippen LogP contribution in [0.2, 0.25) is 0 Å². The molecule has 0 aliphatic heterocycles. The Balaban J connectivity index is -0.000000145. The zero-order valence-corrected chi connectivity index (χ0v) is 22.6. The molecule has 0 N–H and O–H groups in total. The van der Waals surface area contributed by atoms with Crippen molar-refractivity contribution in [2.24, 2.45) is 10.8 Å². The van der Waals surface area contributed by atoms with Crippen LogP contribution in [-0.4, -0.2) is 105 Å². The quantitative estimate of drug-likeness (QED) is 0.143. The first-order chi connectivity index (χ1) is 13.8. The van der Waals surface area contributed by atoms with E-state index in [-0.39, 0.29) is 69.2 Å². The van der Waals surface area contributed by atoms with E-state index in [1.807, 2.05) is 11.3 Å². The van der Waals surface area contributed by atoms with Gasteiger partial charge in [0.25, 0.3) is 0 Å². The van der Waals surface area contributed by atoms with Crippen LogP contribution in [0.4, 0.5) is 0 Å². The van der Waals surface area contributed by atoms with E-state index in [0.29, 0.717) is 0 Å². The van der Waals surface area contributed by atoms with Gasteiger partial charge in [0.1, 0.15) is 0 Å². The monoisotopic (exact) mass is 534 g/mol. The van der Waals surface area contributed by atoms with Gasteiger partial charge in [-0.25, -0.2) is 0 Å². The Bertz CT molecular complexity index is 806. The minimum atomic E-state index is -3.24. The zero-order valence-electron chi connectivity index (χ0n) is 16.6. The van der Waals surface area contributed by atoms with E-state index in [9.17, 15) is 68.5 Å². The van der Waals surface area contributed by atoms with E-state index in [4.69, 9.17) is 0 Å². The van der Waals surface area contributed by atoms with Crippen LogP contribution in [-0.2, 0) is 37.9 Å². The summed E-state index contributed by atoms with van der Waals surface area (Å²) in [7, 11) is -1.18.